The van der Waals surface area contributed by atoms with Crippen LogP contribution in [0.25, 0.3) is 0 Å². The third-order valence-electron chi connectivity index (χ3n) is 4.68. The number of benzene rings is 1. The highest BCUT2D eigenvalue weighted by Crippen LogP contribution is 2.09. The van der Waals surface area contributed by atoms with Crippen LogP contribution in [-0.4, -0.2) is 68.0 Å². The van der Waals surface area contributed by atoms with Crippen molar-refractivity contribution < 1.29 is 4.79 Å². The number of carbonyl (C=O) groups excluding carboxylic acids is 1. The summed E-state index contributed by atoms with van der Waals surface area (Å²) in [7, 11) is 2.16. The van der Waals surface area contributed by atoms with E-state index in [0.717, 1.165) is 71.0 Å². The van der Waals surface area contributed by atoms with Gasteiger partial charge in [0.2, 0.25) is 5.91 Å². The van der Waals surface area contributed by atoms with E-state index >= 15 is 0 Å². The molecular formula is C21H35N5O. The molecule has 1 amide bonds. The summed E-state index contributed by atoms with van der Waals surface area (Å²) in [6.07, 6.45) is 3.70. The van der Waals surface area contributed by atoms with Crippen LogP contribution in [0.4, 0.5) is 0 Å². The van der Waals surface area contributed by atoms with Crippen LogP contribution in [0.1, 0.15) is 38.2 Å². The Labute approximate surface area is 164 Å². The molecule has 150 valence electrons. The van der Waals surface area contributed by atoms with Crippen LogP contribution < -0.4 is 10.6 Å². The Kier molecular flexibility index (Phi) is 9.69. The van der Waals surface area contributed by atoms with Crippen LogP contribution in [-0.2, 0) is 11.3 Å². The molecule has 0 spiro atoms. The first-order chi connectivity index (χ1) is 13.2. The summed E-state index contributed by atoms with van der Waals surface area (Å²) in [5.41, 5.74) is 1.35. The van der Waals surface area contributed by atoms with E-state index in [9.17, 15) is 4.79 Å². The second kappa shape index (κ2) is 12.3. The van der Waals surface area contributed by atoms with Crippen molar-refractivity contribution in [3.8, 4) is 0 Å². The van der Waals surface area contributed by atoms with Gasteiger partial charge in [0.25, 0.3) is 0 Å². The summed E-state index contributed by atoms with van der Waals surface area (Å²) in [6.45, 7) is 8.33. The lowest BCUT2D eigenvalue weighted by Gasteiger charge is -2.18. The van der Waals surface area contributed by atoms with Gasteiger partial charge in [0.05, 0.1) is 0 Å². The standard InChI is InChI=1S/C21H35N5O/c1-3-22-21(24-14-9-17-26-16-7-12-20(26)27)23-13-8-15-25(2)18-19-10-5-4-6-11-19/h4-6,10-11H,3,7-9,12-18H2,1-2H3,(H2,22,23,24). The zero-order valence-electron chi connectivity index (χ0n) is 16.9. The molecule has 0 atom stereocenters. The van der Waals surface area contributed by atoms with Gasteiger partial charge in [-0.05, 0) is 45.3 Å². The van der Waals surface area contributed by atoms with Crippen molar-refractivity contribution in [2.75, 3.05) is 46.3 Å². The number of hydrogen-bond donors (Lipinski definition) is 2. The molecule has 1 aromatic rings. The Morgan fingerprint density at radius 1 is 1.22 bits per heavy atom. The van der Waals surface area contributed by atoms with Gasteiger partial charge in [0, 0.05) is 45.7 Å². The minimum Gasteiger partial charge on any atom is -0.357 e. The Balaban J connectivity index is 1.60. The summed E-state index contributed by atoms with van der Waals surface area (Å²) >= 11 is 0. The lowest BCUT2D eigenvalue weighted by Crippen LogP contribution is -2.38. The van der Waals surface area contributed by atoms with Crippen LogP contribution in [0.5, 0.6) is 0 Å². The first kappa shape index (κ1) is 21.2. The first-order valence-corrected chi connectivity index (χ1v) is 10.2. The highest BCUT2D eigenvalue weighted by molar-refractivity contribution is 5.79. The van der Waals surface area contributed by atoms with Gasteiger partial charge in [-0.3, -0.25) is 9.79 Å². The van der Waals surface area contributed by atoms with E-state index in [1.54, 1.807) is 0 Å². The van der Waals surface area contributed by atoms with E-state index in [1.165, 1.54) is 5.56 Å². The lowest BCUT2D eigenvalue weighted by atomic mass is 10.2. The smallest absolute Gasteiger partial charge is 0.222 e. The molecule has 27 heavy (non-hydrogen) atoms. The van der Waals surface area contributed by atoms with Crippen molar-refractivity contribution in [3.63, 3.8) is 0 Å². The Morgan fingerprint density at radius 2 is 2.04 bits per heavy atom. The summed E-state index contributed by atoms with van der Waals surface area (Å²) in [5, 5.41) is 6.70. The van der Waals surface area contributed by atoms with E-state index in [1.807, 2.05) is 4.90 Å². The third kappa shape index (κ3) is 8.43. The van der Waals surface area contributed by atoms with Gasteiger partial charge in [0.15, 0.2) is 5.96 Å². The van der Waals surface area contributed by atoms with Gasteiger partial charge in [-0.1, -0.05) is 30.3 Å². The quantitative estimate of drug-likeness (QED) is 0.354. The molecule has 1 aromatic carbocycles. The number of hydrogen-bond acceptors (Lipinski definition) is 3. The molecule has 0 bridgehead atoms. The van der Waals surface area contributed by atoms with Gasteiger partial charge >= 0.3 is 0 Å². The summed E-state index contributed by atoms with van der Waals surface area (Å²) < 4.78 is 0. The highest BCUT2D eigenvalue weighted by atomic mass is 16.2. The molecule has 2 rings (SSSR count). The molecule has 0 aromatic heterocycles. The maximum absolute atomic E-state index is 11.6. The van der Waals surface area contributed by atoms with Crippen LogP contribution in [0, 0.1) is 0 Å². The second-order valence-corrected chi connectivity index (χ2v) is 7.10. The number of amides is 1. The molecule has 0 aliphatic carbocycles. The number of rotatable bonds is 11. The molecule has 0 unspecified atom stereocenters. The summed E-state index contributed by atoms with van der Waals surface area (Å²) in [5.74, 6) is 1.17. The normalized spacial score (nSPS) is 14.9. The van der Waals surface area contributed by atoms with E-state index in [0.29, 0.717) is 12.3 Å². The van der Waals surface area contributed by atoms with Crippen LogP contribution in [0.3, 0.4) is 0 Å². The molecule has 1 heterocycles. The summed E-state index contributed by atoms with van der Waals surface area (Å²) in [6, 6.07) is 10.6. The number of carbonyl (C=O) groups is 1. The van der Waals surface area contributed by atoms with Crippen molar-refractivity contribution in [1.29, 1.82) is 0 Å². The zero-order chi connectivity index (χ0) is 19.3. The Hall–Kier alpha value is -2.08. The average Bonchev–Trinajstić information content (AvgIpc) is 3.08. The molecule has 2 N–H and O–H groups in total. The van der Waals surface area contributed by atoms with Crippen LogP contribution in [0.15, 0.2) is 35.3 Å². The average molecular weight is 374 g/mol. The highest BCUT2D eigenvalue weighted by Gasteiger charge is 2.18. The van der Waals surface area contributed by atoms with E-state index < -0.39 is 0 Å². The van der Waals surface area contributed by atoms with Crippen molar-refractivity contribution in [2.45, 2.75) is 39.2 Å². The molecular weight excluding hydrogens is 338 g/mol. The Morgan fingerprint density at radius 3 is 2.74 bits per heavy atom. The number of nitrogens with zero attached hydrogens (tertiary/aromatic N) is 3. The van der Waals surface area contributed by atoms with E-state index in [4.69, 9.17) is 0 Å². The first-order valence-electron chi connectivity index (χ1n) is 10.2. The molecule has 1 aliphatic rings. The molecule has 6 heteroatoms. The monoisotopic (exact) mass is 373 g/mol. The van der Waals surface area contributed by atoms with E-state index in [2.05, 4.69) is 64.8 Å². The predicted octanol–water partition coefficient (Wildman–Crippen LogP) is 2.08. The Bertz CT molecular complexity index is 575. The van der Waals surface area contributed by atoms with Gasteiger partial charge in [-0.15, -0.1) is 0 Å². The third-order valence-corrected chi connectivity index (χ3v) is 4.68. The minimum absolute atomic E-state index is 0.295. The fourth-order valence-electron chi connectivity index (χ4n) is 3.26. The van der Waals surface area contributed by atoms with Crippen molar-refractivity contribution in [1.82, 2.24) is 20.4 Å². The zero-order valence-corrected chi connectivity index (χ0v) is 16.9. The van der Waals surface area contributed by atoms with Crippen molar-refractivity contribution in [2.24, 2.45) is 4.99 Å². The minimum atomic E-state index is 0.295. The molecule has 6 nitrogen and oxygen atoms in total. The van der Waals surface area contributed by atoms with Gasteiger partial charge in [-0.25, -0.2) is 0 Å². The maximum Gasteiger partial charge on any atom is 0.222 e. The largest absolute Gasteiger partial charge is 0.357 e. The molecule has 0 saturated carbocycles. The summed E-state index contributed by atoms with van der Waals surface area (Å²) in [4.78, 5) is 20.5. The van der Waals surface area contributed by atoms with Gasteiger partial charge in [-0.2, -0.15) is 0 Å². The SMILES string of the molecule is CCNC(=NCCCN1CCCC1=O)NCCCN(C)Cc1ccccc1. The predicted molar refractivity (Wildman–Crippen MR) is 112 cm³/mol. The number of nitrogens with one attached hydrogen (secondary N) is 2. The number of guanidine groups is 1. The second-order valence-electron chi connectivity index (χ2n) is 7.10. The molecule has 1 fully saturated rings. The fourth-order valence-corrected chi connectivity index (χ4v) is 3.26. The van der Waals surface area contributed by atoms with Gasteiger partial charge in [0.1, 0.15) is 0 Å². The maximum atomic E-state index is 11.6. The molecule has 1 saturated heterocycles. The number of aliphatic imine (C=N–C) groups is 1. The van der Waals surface area contributed by atoms with Gasteiger partial charge < -0.3 is 20.4 Å². The topological polar surface area (TPSA) is 60.0 Å². The van der Waals surface area contributed by atoms with Crippen LogP contribution >= 0.6 is 0 Å². The van der Waals surface area contributed by atoms with E-state index in [-0.39, 0.29) is 0 Å². The molecule has 1 aliphatic heterocycles. The fraction of sp³-hybridized carbons (Fsp3) is 0.619. The van der Waals surface area contributed by atoms with Crippen molar-refractivity contribution in [3.05, 3.63) is 35.9 Å². The van der Waals surface area contributed by atoms with Crippen LogP contribution in [0.2, 0.25) is 0 Å². The molecule has 0 radical (unpaired) electrons. The van der Waals surface area contributed by atoms with Crippen molar-refractivity contribution >= 4 is 11.9 Å². The lowest BCUT2D eigenvalue weighted by molar-refractivity contribution is -0.127. The number of likely N-dealkylation sites (tertiary alicyclic amines) is 1.